The summed E-state index contributed by atoms with van der Waals surface area (Å²) in [5.41, 5.74) is 5.62. The van der Waals surface area contributed by atoms with Gasteiger partial charge >= 0.3 is 0 Å². The van der Waals surface area contributed by atoms with Crippen LogP contribution in [0.1, 0.15) is 6.42 Å². The van der Waals surface area contributed by atoms with Gasteiger partial charge in [0.25, 0.3) is 0 Å². The van der Waals surface area contributed by atoms with Crippen molar-refractivity contribution >= 4 is 11.0 Å². The third kappa shape index (κ3) is 5.05. The normalized spacial score (nSPS) is 14.3. The molecule has 0 spiro atoms. The van der Waals surface area contributed by atoms with Crippen molar-refractivity contribution in [2.75, 3.05) is 32.7 Å². The minimum absolute atomic E-state index is 0.299. The van der Waals surface area contributed by atoms with Crippen LogP contribution in [-0.4, -0.2) is 57.4 Å². The van der Waals surface area contributed by atoms with E-state index in [-0.39, 0.29) is 11.6 Å². The molecule has 0 atom stereocenters. The van der Waals surface area contributed by atoms with Crippen LogP contribution in [0.3, 0.4) is 0 Å². The Morgan fingerprint density at radius 3 is 2.05 bits per heavy atom. The number of nitrogens with one attached hydrogen (secondary N) is 1. The van der Waals surface area contributed by atoms with Crippen molar-refractivity contribution in [3.05, 3.63) is 90.9 Å². The van der Waals surface area contributed by atoms with E-state index in [1.54, 1.807) is 36.7 Å². The molecule has 38 heavy (non-hydrogen) atoms. The maximum Gasteiger partial charge on any atom is 0.182 e. The minimum Gasteiger partial charge on any atom is -0.314 e. The topological polar surface area (TPSA) is 58.9 Å². The highest BCUT2D eigenvalue weighted by molar-refractivity contribution is 6.05. The zero-order chi connectivity index (χ0) is 25.9. The van der Waals surface area contributed by atoms with Crippen molar-refractivity contribution in [3.63, 3.8) is 0 Å². The lowest BCUT2D eigenvalue weighted by atomic mass is 9.90. The Morgan fingerprint density at radius 1 is 0.737 bits per heavy atom. The Balaban J connectivity index is 1.50. The zero-order valence-electron chi connectivity index (χ0n) is 20.9. The molecule has 1 aliphatic heterocycles. The van der Waals surface area contributed by atoms with Crippen LogP contribution < -0.4 is 5.32 Å². The van der Waals surface area contributed by atoms with E-state index in [1.165, 1.54) is 24.3 Å². The number of halogens is 2. The summed E-state index contributed by atoms with van der Waals surface area (Å²) in [6.07, 6.45) is 6.49. The smallest absolute Gasteiger partial charge is 0.182 e. The number of rotatable bonds is 7. The molecule has 0 radical (unpaired) electrons. The van der Waals surface area contributed by atoms with Crippen molar-refractivity contribution in [1.29, 1.82) is 0 Å². The minimum atomic E-state index is -0.312. The van der Waals surface area contributed by atoms with Gasteiger partial charge in [0.2, 0.25) is 0 Å². The Kier molecular flexibility index (Phi) is 6.90. The molecular weight excluding hydrogens is 482 g/mol. The Labute approximate surface area is 220 Å². The molecule has 6 nitrogen and oxygen atoms in total. The molecule has 0 bridgehead atoms. The predicted molar refractivity (Wildman–Crippen MR) is 145 cm³/mol. The lowest BCUT2D eigenvalue weighted by molar-refractivity contribution is 0.233. The Morgan fingerprint density at radius 2 is 1.37 bits per heavy atom. The summed E-state index contributed by atoms with van der Waals surface area (Å²) >= 11 is 0. The number of nitrogens with zero attached hydrogens (tertiary/aromatic N) is 5. The maximum atomic E-state index is 13.9. The van der Waals surface area contributed by atoms with E-state index in [2.05, 4.69) is 15.2 Å². The molecule has 1 fully saturated rings. The molecule has 0 unspecified atom stereocenters. The van der Waals surface area contributed by atoms with Gasteiger partial charge in [-0.3, -0.25) is 9.67 Å². The van der Waals surface area contributed by atoms with Gasteiger partial charge in [0.15, 0.2) is 5.65 Å². The first-order valence-electron chi connectivity index (χ1n) is 12.9. The van der Waals surface area contributed by atoms with E-state index in [9.17, 15) is 8.78 Å². The lowest BCUT2D eigenvalue weighted by Crippen LogP contribution is -2.43. The van der Waals surface area contributed by atoms with Crippen LogP contribution in [0.15, 0.2) is 79.3 Å². The van der Waals surface area contributed by atoms with Gasteiger partial charge in [0.1, 0.15) is 11.6 Å². The highest BCUT2D eigenvalue weighted by atomic mass is 19.1. The van der Waals surface area contributed by atoms with Gasteiger partial charge in [-0.25, -0.2) is 13.8 Å². The summed E-state index contributed by atoms with van der Waals surface area (Å²) in [4.78, 5) is 11.7. The molecular formula is C30H28F2N6. The maximum absolute atomic E-state index is 13.9. The molecule has 0 saturated carbocycles. The standard InChI is InChI=1S/C30H28F2N6/c31-24-6-2-21(3-7-24)27-26-20-38(17-1-16-37-18-14-34-15-19-37)36-30(26)35-29(23-4-8-25(32)9-5-23)28(27)22-10-12-33-13-11-22/h2-13,20,34H,1,14-19H2. The van der Waals surface area contributed by atoms with E-state index in [1.807, 2.05) is 23.0 Å². The third-order valence-corrected chi connectivity index (χ3v) is 7.01. The summed E-state index contributed by atoms with van der Waals surface area (Å²) in [6, 6.07) is 16.7. The lowest BCUT2D eigenvalue weighted by Gasteiger charge is -2.26. The number of fused-ring (bicyclic) bond motifs is 1. The van der Waals surface area contributed by atoms with E-state index in [0.29, 0.717) is 11.3 Å². The molecule has 1 N–H and O–H groups in total. The van der Waals surface area contributed by atoms with Crippen molar-refractivity contribution in [3.8, 4) is 33.5 Å². The molecule has 1 saturated heterocycles. The number of hydrogen-bond acceptors (Lipinski definition) is 5. The summed E-state index contributed by atoms with van der Waals surface area (Å²) in [6.45, 7) is 5.96. The Hall–Kier alpha value is -4.01. The van der Waals surface area contributed by atoms with Gasteiger partial charge in [-0.2, -0.15) is 5.10 Å². The van der Waals surface area contributed by atoms with Crippen molar-refractivity contribution in [1.82, 2.24) is 30.0 Å². The monoisotopic (exact) mass is 510 g/mol. The summed E-state index contributed by atoms with van der Waals surface area (Å²) in [5.74, 6) is -0.611. The predicted octanol–water partition coefficient (Wildman–Crippen LogP) is 5.40. The van der Waals surface area contributed by atoms with Gasteiger partial charge in [0, 0.05) is 73.4 Å². The van der Waals surface area contributed by atoms with Crippen molar-refractivity contribution in [2.45, 2.75) is 13.0 Å². The number of aryl methyl sites for hydroxylation is 1. The second-order valence-corrected chi connectivity index (χ2v) is 9.53. The van der Waals surface area contributed by atoms with Crippen LogP contribution in [0.5, 0.6) is 0 Å². The number of pyridine rings is 2. The molecule has 0 aliphatic carbocycles. The second-order valence-electron chi connectivity index (χ2n) is 9.53. The third-order valence-electron chi connectivity index (χ3n) is 7.01. The quantitative estimate of drug-likeness (QED) is 0.318. The van der Waals surface area contributed by atoms with Gasteiger partial charge in [-0.05, 0) is 72.6 Å². The molecule has 4 heterocycles. The first-order chi connectivity index (χ1) is 18.7. The zero-order valence-corrected chi connectivity index (χ0v) is 20.9. The van der Waals surface area contributed by atoms with E-state index >= 15 is 0 Å². The van der Waals surface area contributed by atoms with Crippen LogP contribution in [0.2, 0.25) is 0 Å². The van der Waals surface area contributed by atoms with Crippen LogP contribution in [-0.2, 0) is 6.54 Å². The largest absolute Gasteiger partial charge is 0.314 e. The van der Waals surface area contributed by atoms with Crippen LogP contribution in [0.25, 0.3) is 44.5 Å². The van der Waals surface area contributed by atoms with Crippen molar-refractivity contribution in [2.24, 2.45) is 0 Å². The fourth-order valence-corrected chi connectivity index (χ4v) is 5.12. The SMILES string of the molecule is Fc1ccc(-c2nc3nn(CCCN4CCNCC4)cc3c(-c3ccc(F)cc3)c2-c2ccncc2)cc1. The molecule has 0 amide bonds. The van der Waals surface area contributed by atoms with Crippen LogP contribution in [0, 0.1) is 11.6 Å². The highest BCUT2D eigenvalue weighted by Gasteiger charge is 2.22. The first kappa shape index (κ1) is 24.3. The van der Waals surface area contributed by atoms with Crippen molar-refractivity contribution < 1.29 is 8.78 Å². The molecule has 2 aromatic carbocycles. The van der Waals surface area contributed by atoms with Crippen LogP contribution >= 0.6 is 0 Å². The van der Waals surface area contributed by atoms with E-state index < -0.39 is 0 Å². The molecule has 8 heteroatoms. The Bertz CT molecular complexity index is 1530. The highest BCUT2D eigenvalue weighted by Crippen LogP contribution is 2.42. The average Bonchev–Trinajstić information content (AvgIpc) is 3.36. The summed E-state index contributed by atoms with van der Waals surface area (Å²) in [5, 5.41) is 9.13. The number of aromatic nitrogens is 4. The van der Waals surface area contributed by atoms with Gasteiger partial charge in [0.05, 0.1) is 5.69 Å². The molecule has 5 aromatic rings. The molecule has 3 aromatic heterocycles. The fourth-order valence-electron chi connectivity index (χ4n) is 5.12. The molecule has 192 valence electrons. The van der Waals surface area contributed by atoms with E-state index in [0.717, 1.165) is 78.9 Å². The first-order valence-corrected chi connectivity index (χ1v) is 12.9. The van der Waals surface area contributed by atoms with Gasteiger partial charge in [-0.1, -0.05) is 12.1 Å². The molecule has 6 rings (SSSR count). The molecule has 1 aliphatic rings. The average molecular weight is 511 g/mol. The number of piperazine rings is 1. The summed E-state index contributed by atoms with van der Waals surface area (Å²) in [7, 11) is 0. The van der Waals surface area contributed by atoms with Gasteiger partial charge < -0.3 is 10.2 Å². The number of benzene rings is 2. The summed E-state index contributed by atoms with van der Waals surface area (Å²) < 4.78 is 29.7. The van der Waals surface area contributed by atoms with Crippen LogP contribution in [0.4, 0.5) is 8.78 Å². The number of hydrogen-bond donors (Lipinski definition) is 1. The fraction of sp³-hybridized carbons (Fsp3) is 0.233. The second kappa shape index (κ2) is 10.8. The van der Waals surface area contributed by atoms with Gasteiger partial charge in [-0.15, -0.1) is 0 Å². The van der Waals surface area contributed by atoms with E-state index in [4.69, 9.17) is 10.1 Å².